The molecule has 0 bridgehead atoms. The molecular weight excluding hydrogens is 371 g/mol. The summed E-state index contributed by atoms with van der Waals surface area (Å²) in [6, 6.07) is 0.165. The van der Waals surface area contributed by atoms with Crippen LogP contribution < -0.4 is 11.1 Å². The molecule has 3 rings (SSSR count). The van der Waals surface area contributed by atoms with E-state index in [1.807, 2.05) is 5.38 Å². The number of ether oxygens (including phenoxy) is 1. The van der Waals surface area contributed by atoms with Crippen molar-refractivity contribution in [3.05, 3.63) is 11.1 Å². The highest BCUT2D eigenvalue weighted by Crippen LogP contribution is 2.25. The van der Waals surface area contributed by atoms with Gasteiger partial charge in [-0.15, -0.1) is 36.2 Å². The molecule has 0 aromatic carbocycles. The molecule has 1 aromatic heterocycles. The summed E-state index contributed by atoms with van der Waals surface area (Å²) in [6.45, 7) is 4.29. The van der Waals surface area contributed by atoms with Crippen LogP contribution in [0.2, 0.25) is 0 Å². The number of morpholine rings is 1. The highest BCUT2D eigenvalue weighted by atomic mass is 35.5. The van der Waals surface area contributed by atoms with Gasteiger partial charge in [-0.25, -0.2) is 4.98 Å². The number of halogens is 2. The molecular formula is C15H26Cl2N4O2S. The molecule has 2 aliphatic rings. The highest BCUT2D eigenvalue weighted by Gasteiger charge is 2.26. The molecule has 2 heterocycles. The van der Waals surface area contributed by atoms with Crippen molar-refractivity contribution in [3.8, 4) is 0 Å². The molecule has 2 atom stereocenters. The van der Waals surface area contributed by atoms with Gasteiger partial charge in [0.15, 0.2) is 5.13 Å². The van der Waals surface area contributed by atoms with Gasteiger partial charge in [-0.1, -0.05) is 6.42 Å². The molecule has 138 valence electrons. The minimum Gasteiger partial charge on any atom is -0.379 e. The average molecular weight is 397 g/mol. The molecule has 0 spiro atoms. The van der Waals surface area contributed by atoms with E-state index in [0.717, 1.165) is 64.2 Å². The third-order valence-electron chi connectivity index (χ3n) is 4.36. The topological polar surface area (TPSA) is 80.5 Å². The summed E-state index contributed by atoms with van der Waals surface area (Å²) in [6.07, 6.45) is 3.80. The molecule has 1 amide bonds. The molecule has 24 heavy (non-hydrogen) atoms. The van der Waals surface area contributed by atoms with Crippen LogP contribution in [-0.2, 0) is 16.1 Å². The number of nitrogens with two attached hydrogens (primary N) is 1. The fourth-order valence-electron chi connectivity index (χ4n) is 3.10. The minimum absolute atomic E-state index is 0. The Bertz CT molecular complexity index is 511. The fraction of sp³-hybridized carbons (Fsp3) is 0.733. The molecule has 1 aromatic rings. The highest BCUT2D eigenvalue weighted by molar-refractivity contribution is 7.13. The van der Waals surface area contributed by atoms with Crippen LogP contribution in [0.3, 0.4) is 0 Å². The maximum absolute atomic E-state index is 12.3. The first-order valence-corrected chi connectivity index (χ1v) is 8.89. The summed E-state index contributed by atoms with van der Waals surface area (Å²) < 4.78 is 5.34. The summed E-state index contributed by atoms with van der Waals surface area (Å²) in [5.41, 5.74) is 6.97. The van der Waals surface area contributed by atoms with Gasteiger partial charge in [-0.05, 0) is 19.3 Å². The van der Waals surface area contributed by atoms with E-state index in [1.165, 1.54) is 11.3 Å². The second-order valence-electron chi connectivity index (χ2n) is 6.15. The third kappa shape index (κ3) is 6.13. The second kappa shape index (κ2) is 10.5. The zero-order valence-corrected chi connectivity index (χ0v) is 16.1. The first-order valence-electron chi connectivity index (χ1n) is 8.01. The molecule has 9 heteroatoms. The van der Waals surface area contributed by atoms with E-state index < -0.39 is 0 Å². The Morgan fingerprint density at radius 1 is 1.38 bits per heavy atom. The number of carbonyl (C=O) groups is 1. The van der Waals surface area contributed by atoms with Crippen LogP contribution >= 0.6 is 36.2 Å². The maximum atomic E-state index is 12.3. The SMILES string of the molecule is Cl.Cl.NC1CCCC(C(=O)Nc2nc(CN3CCOCC3)cs2)C1. The first-order chi connectivity index (χ1) is 10.7. The number of nitrogens with one attached hydrogen (secondary N) is 1. The summed E-state index contributed by atoms with van der Waals surface area (Å²) in [5, 5.41) is 5.69. The van der Waals surface area contributed by atoms with Crippen LogP contribution in [0.25, 0.3) is 0 Å². The second-order valence-corrected chi connectivity index (χ2v) is 7.00. The summed E-state index contributed by atoms with van der Waals surface area (Å²) >= 11 is 1.50. The van der Waals surface area contributed by atoms with Gasteiger partial charge < -0.3 is 15.8 Å². The van der Waals surface area contributed by atoms with Gasteiger partial charge in [0.25, 0.3) is 0 Å². The predicted octanol–water partition coefficient (Wildman–Crippen LogP) is 2.27. The van der Waals surface area contributed by atoms with Crippen molar-refractivity contribution >= 4 is 47.2 Å². The predicted molar refractivity (Wildman–Crippen MR) is 101 cm³/mol. The van der Waals surface area contributed by atoms with E-state index in [9.17, 15) is 4.79 Å². The van der Waals surface area contributed by atoms with Crippen molar-refractivity contribution < 1.29 is 9.53 Å². The number of thiazole rings is 1. The fourth-order valence-corrected chi connectivity index (χ4v) is 3.80. The van der Waals surface area contributed by atoms with Crippen LogP contribution in [-0.4, -0.2) is 48.1 Å². The number of rotatable bonds is 4. The normalized spacial score (nSPS) is 24.5. The van der Waals surface area contributed by atoms with Gasteiger partial charge in [-0.3, -0.25) is 9.69 Å². The molecule has 0 radical (unpaired) electrons. The van der Waals surface area contributed by atoms with Crippen molar-refractivity contribution in [2.45, 2.75) is 38.3 Å². The molecule has 3 N–H and O–H groups in total. The number of anilines is 1. The van der Waals surface area contributed by atoms with Gasteiger partial charge in [-0.2, -0.15) is 0 Å². The van der Waals surface area contributed by atoms with Crippen LogP contribution in [0.4, 0.5) is 5.13 Å². The van der Waals surface area contributed by atoms with E-state index in [0.29, 0.717) is 5.13 Å². The number of hydrogen-bond acceptors (Lipinski definition) is 6. The molecule has 1 aliphatic heterocycles. The van der Waals surface area contributed by atoms with Crippen molar-refractivity contribution in [1.82, 2.24) is 9.88 Å². The Balaban J connectivity index is 0.00000144. The number of hydrogen-bond donors (Lipinski definition) is 2. The van der Waals surface area contributed by atoms with Crippen LogP contribution in [0, 0.1) is 5.92 Å². The lowest BCUT2D eigenvalue weighted by Crippen LogP contribution is -2.35. The molecule has 6 nitrogen and oxygen atoms in total. The van der Waals surface area contributed by atoms with Gasteiger partial charge in [0, 0.05) is 37.0 Å². The standard InChI is InChI=1S/C15H24N4O2S.2ClH/c16-12-3-1-2-11(8-12)14(20)18-15-17-13(10-22-15)9-19-4-6-21-7-5-19;;/h10-12H,1-9,16H2,(H,17,18,20);2*1H. The smallest absolute Gasteiger partial charge is 0.229 e. The Hall–Kier alpha value is -0.440. The van der Waals surface area contributed by atoms with E-state index in [2.05, 4.69) is 15.2 Å². The Morgan fingerprint density at radius 3 is 2.83 bits per heavy atom. The van der Waals surface area contributed by atoms with Crippen LogP contribution in [0.15, 0.2) is 5.38 Å². The van der Waals surface area contributed by atoms with Crippen molar-refractivity contribution in [2.24, 2.45) is 11.7 Å². The first kappa shape index (κ1) is 21.6. The lowest BCUT2D eigenvalue weighted by atomic mass is 9.86. The van der Waals surface area contributed by atoms with Crippen molar-refractivity contribution in [2.75, 3.05) is 31.6 Å². The monoisotopic (exact) mass is 396 g/mol. The number of carbonyl (C=O) groups excluding carboxylic acids is 1. The van der Waals surface area contributed by atoms with E-state index >= 15 is 0 Å². The third-order valence-corrected chi connectivity index (χ3v) is 5.16. The Morgan fingerprint density at radius 2 is 2.12 bits per heavy atom. The van der Waals surface area contributed by atoms with Crippen molar-refractivity contribution in [1.29, 1.82) is 0 Å². The minimum atomic E-state index is 0. The number of nitrogens with zero attached hydrogens (tertiary/aromatic N) is 2. The van der Waals surface area contributed by atoms with Crippen LogP contribution in [0.5, 0.6) is 0 Å². The largest absolute Gasteiger partial charge is 0.379 e. The lowest BCUT2D eigenvalue weighted by Gasteiger charge is -2.25. The summed E-state index contributed by atoms with van der Waals surface area (Å²) in [4.78, 5) is 19.1. The van der Waals surface area contributed by atoms with E-state index in [1.54, 1.807) is 0 Å². The molecule has 1 saturated heterocycles. The lowest BCUT2D eigenvalue weighted by molar-refractivity contribution is -0.120. The maximum Gasteiger partial charge on any atom is 0.229 e. The molecule has 2 fully saturated rings. The number of amides is 1. The van der Waals surface area contributed by atoms with Crippen LogP contribution in [0.1, 0.15) is 31.4 Å². The van der Waals surface area contributed by atoms with Crippen molar-refractivity contribution in [3.63, 3.8) is 0 Å². The summed E-state index contributed by atoms with van der Waals surface area (Å²) in [7, 11) is 0. The van der Waals surface area contributed by atoms with Gasteiger partial charge in [0.05, 0.1) is 18.9 Å². The zero-order chi connectivity index (χ0) is 15.4. The Labute approximate surface area is 159 Å². The summed E-state index contributed by atoms with van der Waals surface area (Å²) in [5.74, 6) is 0.109. The zero-order valence-electron chi connectivity index (χ0n) is 13.6. The Kier molecular flexibility index (Phi) is 9.48. The quantitative estimate of drug-likeness (QED) is 0.815. The van der Waals surface area contributed by atoms with Gasteiger partial charge in [0.1, 0.15) is 0 Å². The van der Waals surface area contributed by atoms with Gasteiger partial charge >= 0.3 is 0 Å². The van der Waals surface area contributed by atoms with E-state index in [-0.39, 0.29) is 42.7 Å². The average Bonchev–Trinajstić information content (AvgIpc) is 2.95. The molecule has 2 unspecified atom stereocenters. The molecule has 1 aliphatic carbocycles. The van der Waals surface area contributed by atoms with Gasteiger partial charge in [0.2, 0.25) is 5.91 Å². The molecule has 1 saturated carbocycles. The number of aromatic nitrogens is 1. The van der Waals surface area contributed by atoms with E-state index in [4.69, 9.17) is 10.5 Å².